The van der Waals surface area contributed by atoms with Gasteiger partial charge < -0.3 is 9.47 Å². The summed E-state index contributed by atoms with van der Waals surface area (Å²) in [5.41, 5.74) is 0.159. The molecule has 18 heavy (non-hydrogen) atoms. The second-order valence-corrected chi connectivity index (χ2v) is 7.00. The van der Waals surface area contributed by atoms with E-state index < -0.39 is 0 Å². The number of ether oxygens (including phenoxy) is 2. The van der Waals surface area contributed by atoms with Crippen molar-refractivity contribution in [2.45, 2.75) is 72.8 Å². The largest absolute Gasteiger partial charge is 0.376 e. The maximum absolute atomic E-state index is 6.38. The van der Waals surface area contributed by atoms with Crippen LogP contribution in [0.5, 0.6) is 0 Å². The zero-order valence-electron chi connectivity index (χ0n) is 13.3. The van der Waals surface area contributed by atoms with E-state index in [1.807, 2.05) is 0 Å². The smallest absolute Gasteiger partial charge is 0.102 e. The van der Waals surface area contributed by atoms with Gasteiger partial charge >= 0.3 is 0 Å². The molecule has 2 nitrogen and oxygen atoms in total. The summed E-state index contributed by atoms with van der Waals surface area (Å²) in [7, 11) is 0. The van der Waals surface area contributed by atoms with Gasteiger partial charge in [-0.2, -0.15) is 0 Å². The number of hydrogen-bond acceptors (Lipinski definition) is 2. The van der Waals surface area contributed by atoms with Crippen molar-refractivity contribution in [3.63, 3.8) is 0 Å². The molecule has 0 bridgehead atoms. The molecule has 108 valence electrons. The van der Waals surface area contributed by atoms with Crippen molar-refractivity contribution in [1.82, 2.24) is 0 Å². The summed E-state index contributed by atoms with van der Waals surface area (Å²) >= 11 is 0. The molecule has 0 unspecified atom stereocenters. The van der Waals surface area contributed by atoms with Crippen molar-refractivity contribution < 1.29 is 9.47 Å². The normalized spacial score (nSPS) is 21.0. The number of rotatable bonds is 6. The standard InChI is InChI=1S/C16H32O2/c1-7-9-14(3,4)16(13-17-11-12-18-16)15(5,6)10-8-2/h7-13H2,1-6H3. The molecule has 0 spiro atoms. The fraction of sp³-hybridized carbons (Fsp3) is 1.00. The van der Waals surface area contributed by atoms with Gasteiger partial charge in [0.1, 0.15) is 5.60 Å². The van der Waals surface area contributed by atoms with Gasteiger partial charge in [-0.05, 0) is 23.7 Å². The number of hydrogen-bond donors (Lipinski definition) is 0. The summed E-state index contributed by atoms with van der Waals surface area (Å²) in [6, 6.07) is 0. The highest BCUT2D eigenvalue weighted by atomic mass is 16.6. The van der Waals surface area contributed by atoms with Gasteiger partial charge in [0.25, 0.3) is 0 Å². The Kier molecular flexibility index (Phi) is 5.25. The molecule has 0 radical (unpaired) electrons. The van der Waals surface area contributed by atoms with E-state index in [1.54, 1.807) is 0 Å². The van der Waals surface area contributed by atoms with Crippen LogP contribution in [0.1, 0.15) is 67.2 Å². The summed E-state index contributed by atoms with van der Waals surface area (Å²) in [6.07, 6.45) is 4.76. The zero-order valence-corrected chi connectivity index (χ0v) is 13.3. The van der Waals surface area contributed by atoms with E-state index in [1.165, 1.54) is 25.7 Å². The van der Waals surface area contributed by atoms with Crippen LogP contribution in [0.4, 0.5) is 0 Å². The highest BCUT2D eigenvalue weighted by Crippen LogP contribution is 2.52. The van der Waals surface area contributed by atoms with Crippen LogP contribution in [-0.4, -0.2) is 25.4 Å². The second kappa shape index (κ2) is 5.92. The van der Waals surface area contributed by atoms with E-state index in [2.05, 4.69) is 41.5 Å². The molecule has 0 aromatic carbocycles. The fourth-order valence-corrected chi connectivity index (χ4v) is 3.88. The van der Waals surface area contributed by atoms with Gasteiger partial charge in [-0.1, -0.05) is 54.4 Å². The maximum atomic E-state index is 6.38. The minimum Gasteiger partial charge on any atom is -0.376 e. The van der Waals surface area contributed by atoms with Gasteiger partial charge in [0, 0.05) is 0 Å². The summed E-state index contributed by atoms with van der Waals surface area (Å²) in [5.74, 6) is 0. The molecule has 1 fully saturated rings. The van der Waals surface area contributed by atoms with Gasteiger partial charge in [0.05, 0.1) is 19.8 Å². The van der Waals surface area contributed by atoms with E-state index in [0.29, 0.717) is 0 Å². The first-order valence-corrected chi connectivity index (χ1v) is 7.55. The van der Waals surface area contributed by atoms with Crippen molar-refractivity contribution in [3.8, 4) is 0 Å². The van der Waals surface area contributed by atoms with Crippen molar-refractivity contribution in [1.29, 1.82) is 0 Å². The molecule has 0 N–H and O–H groups in total. The molecule has 0 aromatic rings. The zero-order chi connectivity index (χ0) is 13.9. The van der Waals surface area contributed by atoms with Crippen LogP contribution in [0.2, 0.25) is 0 Å². The average molecular weight is 256 g/mol. The lowest BCUT2D eigenvalue weighted by Gasteiger charge is -2.57. The highest BCUT2D eigenvalue weighted by Gasteiger charge is 2.56. The molecule has 1 aliphatic heterocycles. The van der Waals surface area contributed by atoms with Crippen LogP contribution < -0.4 is 0 Å². The fourth-order valence-electron chi connectivity index (χ4n) is 3.88. The minimum atomic E-state index is -0.149. The van der Waals surface area contributed by atoms with Crippen molar-refractivity contribution >= 4 is 0 Å². The molecule has 1 heterocycles. The predicted molar refractivity (Wildman–Crippen MR) is 76.9 cm³/mol. The van der Waals surface area contributed by atoms with Crippen molar-refractivity contribution in [2.75, 3.05) is 19.8 Å². The molecule has 0 aromatic heterocycles. The van der Waals surface area contributed by atoms with Crippen LogP contribution in [0.15, 0.2) is 0 Å². The van der Waals surface area contributed by atoms with E-state index in [4.69, 9.17) is 9.47 Å². The Bertz CT molecular complexity index is 230. The molecule has 0 aliphatic carbocycles. The first kappa shape index (κ1) is 16.0. The van der Waals surface area contributed by atoms with Crippen LogP contribution in [0, 0.1) is 10.8 Å². The summed E-state index contributed by atoms with van der Waals surface area (Å²) < 4.78 is 12.2. The lowest BCUT2D eigenvalue weighted by atomic mass is 9.58. The predicted octanol–water partition coefficient (Wildman–Crippen LogP) is 4.42. The average Bonchev–Trinajstić information content (AvgIpc) is 2.29. The summed E-state index contributed by atoms with van der Waals surface area (Å²) in [4.78, 5) is 0. The van der Waals surface area contributed by atoms with E-state index >= 15 is 0 Å². The Balaban J connectivity index is 3.09. The molecule has 0 atom stereocenters. The minimum absolute atomic E-state index is 0.149. The van der Waals surface area contributed by atoms with Gasteiger partial charge in [-0.15, -0.1) is 0 Å². The second-order valence-electron chi connectivity index (χ2n) is 7.00. The third-order valence-corrected chi connectivity index (χ3v) is 4.82. The Morgan fingerprint density at radius 2 is 1.39 bits per heavy atom. The topological polar surface area (TPSA) is 18.5 Å². The molecule has 2 heteroatoms. The lowest BCUT2D eigenvalue weighted by Crippen LogP contribution is -2.62. The van der Waals surface area contributed by atoms with Gasteiger partial charge in [-0.3, -0.25) is 0 Å². The van der Waals surface area contributed by atoms with Crippen LogP contribution in [-0.2, 0) is 9.47 Å². The molecule has 1 rings (SSSR count). The highest BCUT2D eigenvalue weighted by molar-refractivity contribution is 5.05. The monoisotopic (exact) mass is 256 g/mol. The molecule has 0 saturated carbocycles. The van der Waals surface area contributed by atoms with E-state index in [9.17, 15) is 0 Å². The van der Waals surface area contributed by atoms with Gasteiger partial charge in [0.2, 0.25) is 0 Å². The molecule has 0 amide bonds. The van der Waals surface area contributed by atoms with Gasteiger partial charge in [-0.25, -0.2) is 0 Å². The van der Waals surface area contributed by atoms with Crippen LogP contribution in [0.3, 0.4) is 0 Å². The van der Waals surface area contributed by atoms with Gasteiger partial charge in [0.15, 0.2) is 0 Å². The van der Waals surface area contributed by atoms with Crippen LogP contribution >= 0.6 is 0 Å². The SMILES string of the molecule is CCCC(C)(C)C1(C(C)(C)CCC)COCCO1. The van der Waals surface area contributed by atoms with E-state index in [-0.39, 0.29) is 16.4 Å². The Hall–Kier alpha value is -0.0800. The van der Waals surface area contributed by atoms with Crippen molar-refractivity contribution in [2.24, 2.45) is 10.8 Å². The third kappa shape index (κ3) is 2.75. The molecule has 1 saturated heterocycles. The first-order valence-electron chi connectivity index (χ1n) is 7.55. The first-order chi connectivity index (χ1) is 8.33. The molecular weight excluding hydrogens is 224 g/mol. The lowest BCUT2D eigenvalue weighted by molar-refractivity contribution is -0.259. The third-order valence-electron chi connectivity index (χ3n) is 4.82. The van der Waals surface area contributed by atoms with E-state index in [0.717, 1.165) is 19.8 Å². The molecule has 1 aliphatic rings. The Morgan fingerprint density at radius 1 is 0.889 bits per heavy atom. The molecular formula is C16H32O2. The van der Waals surface area contributed by atoms with Crippen LogP contribution in [0.25, 0.3) is 0 Å². The Labute approximate surface area is 113 Å². The quantitative estimate of drug-likeness (QED) is 0.700. The Morgan fingerprint density at radius 3 is 1.72 bits per heavy atom. The summed E-state index contributed by atoms with van der Waals surface area (Å²) in [6.45, 7) is 16.1. The van der Waals surface area contributed by atoms with Crippen molar-refractivity contribution in [3.05, 3.63) is 0 Å². The summed E-state index contributed by atoms with van der Waals surface area (Å²) in [5, 5.41) is 0. The maximum Gasteiger partial charge on any atom is 0.102 e.